The predicted octanol–water partition coefficient (Wildman–Crippen LogP) is 2.78. The Kier molecular flexibility index (Phi) is 6.27. The number of nitrogens with two attached hydrogens (primary N) is 2. The van der Waals surface area contributed by atoms with Gasteiger partial charge in [0.1, 0.15) is 11.5 Å². The zero-order valence-corrected chi connectivity index (χ0v) is 16.6. The first-order chi connectivity index (χ1) is 13.4. The molecule has 144 valence electrons. The molecule has 1 amide bonds. The van der Waals surface area contributed by atoms with Gasteiger partial charge in [-0.3, -0.25) is 4.79 Å². The standard InChI is InChI=1S/C18H18ClN7OS/c1-10-11(3-2-4-12(10)19)14-9-15(26-17(21)24-14)22-7-8-28-18-23-6-5-13(25-18)16(20)27/h2-6,9H,7-8H2,1H3,(H2,20,27)(H3,21,22,24,26). The van der Waals surface area contributed by atoms with Crippen molar-refractivity contribution >= 4 is 41.0 Å². The average molecular weight is 416 g/mol. The third kappa shape index (κ3) is 4.87. The van der Waals surface area contributed by atoms with E-state index in [4.69, 9.17) is 23.1 Å². The van der Waals surface area contributed by atoms with Gasteiger partial charge >= 0.3 is 0 Å². The zero-order valence-electron chi connectivity index (χ0n) is 15.0. The number of hydrogen-bond acceptors (Lipinski definition) is 8. The minimum Gasteiger partial charge on any atom is -0.369 e. The summed E-state index contributed by atoms with van der Waals surface area (Å²) in [5.74, 6) is 0.846. The molecular weight excluding hydrogens is 398 g/mol. The lowest BCUT2D eigenvalue weighted by molar-refractivity contribution is 0.0994. The van der Waals surface area contributed by atoms with Crippen molar-refractivity contribution in [3.05, 3.63) is 52.8 Å². The van der Waals surface area contributed by atoms with Crippen LogP contribution in [0, 0.1) is 6.92 Å². The number of benzene rings is 1. The fraction of sp³-hybridized carbons (Fsp3) is 0.167. The van der Waals surface area contributed by atoms with Gasteiger partial charge in [-0.25, -0.2) is 15.0 Å². The lowest BCUT2D eigenvalue weighted by atomic mass is 10.1. The summed E-state index contributed by atoms with van der Waals surface area (Å²) in [5.41, 5.74) is 13.8. The van der Waals surface area contributed by atoms with Crippen molar-refractivity contribution in [2.45, 2.75) is 12.1 Å². The summed E-state index contributed by atoms with van der Waals surface area (Å²) >= 11 is 7.60. The summed E-state index contributed by atoms with van der Waals surface area (Å²) in [6.45, 7) is 2.51. The summed E-state index contributed by atoms with van der Waals surface area (Å²) in [4.78, 5) is 27.9. The number of hydrogen-bond donors (Lipinski definition) is 3. The van der Waals surface area contributed by atoms with Crippen molar-refractivity contribution in [1.29, 1.82) is 0 Å². The largest absolute Gasteiger partial charge is 0.369 e. The first kappa shape index (κ1) is 19.8. The van der Waals surface area contributed by atoms with Crippen molar-refractivity contribution in [3.8, 4) is 11.3 Å². The van der Waals surface area contributed by atoms with Gasteiger partial charge in [0.25, 0.3) is 5.91 Å². The van der Waals surface area contributed by atoms with Crippen LogP contribution in [0.15, 0.2) is 41.7 Å². The zero-order chi connectivity index (χ0) is 20.1. The molecule has 1 aromatic carbocycles. The summed E-state index contributed by atoms with van der Waals surface area (Å²) in [6, 6.07) is 8.94. The molecule has 0 fully saturated rings. The molecule has 0 radical (unpaired) electrons. The van der Waals surface area contributed by atoms with Gasteiger partial charge in [-0.15, -0.1) is 0 Å². The lowest BCUT2D eigenvalue weighted by Crippen LogP contribution is -2.14. The average Bonchev–Trinajstić information content (AvgIpc) is 2.67. The van der Waals surface area contributed by atoms with E-state index in [1.54, 1.807) is 0 Å². The van der Waals surface area contributed by atoms with Crippen molar-refractivity contribution in [1.82, 2.24) is 19.9 Å². The first-order valence-corrected chi connectivity index (χ1v) is 9.70. The van der Waals surface area contributed by atoms with Crippen LogP contribution in [0.2, 0.25) is 5.02 Å². The van der Waals surface area contributed by atoms with Crippen LogP contribution in [0.3, 0.4) is 0 Å². The third-order valence-electron chi connectivity index (χ3n) is 3.81. The number of nitrogens with zero attached hydrogens (tertiary/aromatic N) is 4. The normalized spacial score (nSPS) is 10.6. The summed E-state index contributed by atoms with van der Waals surface area (Å²) in [7, 11) is 0. The van der Waals surface area contributed by atoms with Crippen molar-refractivity contribution in [2.24, 2.45) is 5.73 Å². The molecule has 0 bridgehead atoms. The number of nitrogen functional groups attached to an aromatic ring is 1. The summed E-state index contributed by atoms with van der Waals surface area (Å²) in [5, 5.41) is 4.35. The van der Waals surface area contributed by atoms with Gasteiger partial charge in [0.2, 0.25) is 5.95 Å². The lowest BCUT2D eigenvalue weighted by Gasteiger charge is -2.10. The van der Waals surface area contributed by atoms with Crippen LogP contribution in [0.4, 0.5) is 11.8 Å². The van der Waals surface area contributed by atoms with Gasteiger partial charge in [0, 0.05) is 35.1 Å². The van der Waals surface area contributed by atoms with Crippen molar-refractivity contribution in [3.63, 3.8) is 0 Å². The fourth-order valence-corrected chi connectivity index (χ4v) is 3.31. The van der Waals surface area contributed by atoms with Crippen LogP contribution >= 0.6 is 23.4 Å². The molecule has 3 rings (SSSR count). The van der Waals surface area contributed by atoms with Gasteiger partial charge in [0.05, 0.1) is 5.69 Å². The predicted molar refractivity (Wildman–Crippen MR) is 111 cm³/mol. The minimum atomic E-state index is -0.581. The summed E-state index contributed by atoms with van der Waals surface area (Å²) in [6.07, 6.45) is 1.51. The van der Waals surface area contributed by atoms with E-state index in [-0.39, 0.29) is 11.6 Å². The van der Waals surface area contributed by atoms with E-state index < -0.39 is 5.91 Å². The molecule has 2 aromatic heterocycles. The Bertz CT molecular complexity index is 1010. The van der Waals surface area contributed by atoms with Crippen LogP contribution in [-0.2, 0) is 0 Å². The van der Waals surface area contributed by atoms with Gasteiger partial charge in [-0.05, 0) is 24.6 Å². The Balaban J connectivity index is 1.65. The van der Waals surface area contributed by atoms with E-state index >= 15 is 0 Å². The molecule has 8 nitrogen and oxygen atoms in total. The molecule has 2 heterocycles. The highest BCUT2D eigenvalue weighted by atomic mass is 35.5. The Morgan fingerprint density at radius 1 is 1.25 bits per heavy atom. The highest BCUT2D eigenvalue weighted by Crippen LogP contribution is 2.28. The molecule has 0 aliphatic carbocycles. The second-order valence-corrected chi connectivity index (χ2v) is 7.24. The van der Waals surface area contributed by atoms with Gasteiger partial charge in [0.15, 0.2) is 5.16 Å². The Labute approximate surface area is 171 Å². The summed E-state index contributed by atoms with van der Waals surface area (Å²) < 4.78 is 0. The minimum absolute atomic E-state index is 0.171. The molecule has 0 saturated carbocycles. The monoisotopic (exact) mass is 415 g/mol. The van der Waals surface area contributed by atoms with E-state index in [1.807, 2.05) is 31.2 Å². The number of primary amides is 1. The van der Waals surface area contributed by atoms with E-state index in [0.29, 0.717) is 34.0 Å². The number of amides is 1. The molecule has 0 unspecified atom stereocenters. The van der Waals surface area contributed by atoms with E-state index in [1.165, 1.54) is 24.0 Å². The molecule has 10 heteroatoms. The van der Waals surface area contributed by atoms with Crippen LogP contribution in [0.5, 0.6) is 0 Å². The Morgan fingerprint density at radius 3 is 2.86 bits per heavy atom. The fourth-order valence-electron chi connectivity index (χ4n) is 2.45. The number of anilines is 2. The van der Waals surface area contributed by atoms with Crippen LogP contribution < -0.4 is 16.8 Å². The second-order valence-electron chi connectivity index (χ2n) is 5.77. The number of carbonyl (C=O) groups excluding carboxylic acids is 1. The maximum atomic E-state index is 11.2. The topological polar surface area (TPSA) is 133 Å². The van der Waals surface area contributed by atoms with Crippen molar-refractivity contribution in [2.75, 3.05) is 23.3 Å². The van der Waals surface area contributed by atoms with Crippen molar-refractivity contribution < 1.29 is 4.79 Å². The van der Waals surface area contributed by atoms with Crippen LogP contribution in [-0.4, -0.2) is 38.1 Å². The van der Waals surface area contributed by atoms with Gasteiger partial charge in [-0.2, -0.15) is 4.98 Å². The molecule has 0 aliphatic heterocycles. The molecular formula is C18H18ClN7OS. The number of rotatable bonds is 7. The molecule has 28 heavy (non-hydrogen) atoms. The van der Waals surface area contributed by atoms with E-state index in [9.17, 15) is 4.79 Å². The maximum Gasteiger partial charge on any atom is 0.267 e. The highest BCUT2D eigenvalue weighted by Gasteiger charge is 2.10. The molecule has 5 N–H and O–H groups in total. The number of nitrogens with one attached hydrogen (secondary N) is 1. The first-order valence-electron chi connectivity index (χ1n) is 8.33. The van der Waals surface area contributed by atoms with Gasteiger partial charge in [-0.1, -0.05) is 35.5 Å². The van der Waals surface area contributed by atoms with E-state index in [2.05, 4.69) is 25.3 Å². The van der Waals surface area contributed by atoms with Crippen LogP contribution in [0.25, 0.3) is 11.3 Å². The second kappa shape index (κ2) is 8.85. The Hall–Kier alpha value is -2.91. The quantitative estimate of drug-likeness (QED) is 0.305. The SMILES string of the molecule is Cc1c(Cl)cccc1-c1cc(NCCSc2nccc(C(N)=O)n2)nc(N)n1. The number of thioether (sulfide) groups is 1. The maximum absolute atomic E-state index is 11.2. The number of aromatic nitrogens is 4. The molecule has 3 aromatic rings. The molecule has 0 atom stereocenters. The number of halogens is 1. The highest BCUT2D eigenvalue weighted by molar-refractivity contribution is 7.99. The van der Waals surface area contributed by atoms with Crippen LogP contribution in [0.1, 0.15) is 16.1 Å². The molecule has 0 spiro atoms. The number of carbonyl (C=O) groups is 1. The van der Waals surface area contributed by atoms with Gasteiger partial charge < -0.3 is 16.8 Å². The van der Waals surface area contributed by atoms with E-state index in [0.717, 1.165) is 11.1 Å². The smallest absolute Gasteiger partial charge is 0.267 e. The third-order valence-corrected chi connectivity index (χ3v) is 5.08. The molecule has 0 saturated heterocycles. The Morgan fingerprint density at radius 2 is 2.07 bits per heavy atom. The molecule has 0 aliphatic rings.